The number of benzene rings is 2. The van der Waals surface area contributed by atoms with Gasteiger partial charge in [-0.15, -0.1) is 0 Å². The van der Waals surface area contributed by atoms with Gasteiger partial charge in [0, 0.05) is 22.7 Å². The summed E-state index contributed by atoms with van der Waals surface area (Å²) in [5, 5.41) is 5.06. The van der Waals surface area contributed by atoms with Gasteiger partial charge in [-0.1, -0.05) is 41.9 Å². The van der Waals surface area contributed by atoms with E-state index in [0.29, 0.717) is 10.8 Å². The van der Waals surface area contributed by atoms with Crippen LogP contribution in [0.3, 0.4) is 0 Å². The van der Waals surface area contributed by atoms with Crippen molar-refractivity contribution in [2.75, 3.05) is 6.61 Å². The topological polar surface area (TPSA) is 44.1 Å². The van der Waals surface area contributed by atoms with Crippen molar-refractivity contribution in [1.29, 1.82) is 0 Å². The van der Waals surface area contributed by atoms with Crippen LogP contribution in [-0.2, 0) is 6.42 Å². The van der Waals surface area contributed by atoms with Crippen LogP contribution in [0.2, 0.25) is 5.02 Å². The number of hydrogen-bond donors (Lipinski definition) is 0. The molecule has 0 atom stereocenters. The Morgan fingerprint density at radius 1 is 1.12 bits per heavy atom. The van der Waals surface area contributed by atoms with Gasteiger partial charge in [-0.25, -0.2) is 4.68 Å². The standard InChI is InChI=1S/C21H21ClN2O2/c1-14-11-18(22)9-10-20(14)26-13-21(25)24-16(3)19(15(2)23-24)12-17-7-5-4-6-8-17/h4-11H,12-13H2,1-3H3. The molecule has 0 N–H and O–H groups in total. The van der Waals surface area contributed by atoms with Crippen LogP contribution in [-0.4, -0.2) is 22.3 Å². The second kappa shape index (κ2) is 7.75. The fourth-order valence-electron chi connectivity index (χ4n) is 2.95. The number of aryl methyl sites for hydroxylation is 2. The van der Waals surface area contributed by atoms with Crippen LogP contribution >= 0.6 is 11.6 Å². The number of hydrogen-bond acceptors (Lipinski definition) is 3. The third-order valence-corrected chi connectivity index (χ3v) is 4.62. The SMILES string of the molecule is Cc1cc(Cl)ccc1OCC(=O)n1nc(C)c(Cc2ccccc2)c1C. The molecular weight excluding hydrogens is 348 g/mol. The van der Waals surface area contributed by atoms with E-state index in [1.165, 1.54) is 10.2 Å². The lowest BCUT2D eigenvalue weighted by atomic mass is 10.0. The van der Waals surface area contributed by atoms with E-state index in [1.54, 1.807) is 12.1 Å². The van der Waals surface area contributed by atoms with Crippen molar-refractivity contribution in [1.82, 2.24) is 9.78 Å². The summed E-state index contributed by atoms with van der Waals surface area (Å²) < 4.78 is 7.10. The van der Waals surface area contributed by atoms with E-state index < -0.39 is 0 Å². The molecular formula is C21H21ClN2O2. The molecule has 0 saturated carbocycles. The number of carbonyl (C=O) groups is 1. The summed E-state index contributed by atoms with van der Waals surface area (Å²) in [5.74, 6) is 0.452. The number of rotatable bonds is 5. The molecule has 134 valence electrons. The zero-order chi connectivity index (χ0) is 18.7. The van der Waals surface area contributed by atoms with E-state index in [2.05, 4.69) is 17.2 Å². The Balaban J connectivity index is 1.74. The van der Waals surface area contributed by atoms with Gasteiger partial charge < -0.3 is 4.74 Å². The fourth-order valence-corrected chi connectivity index (χ4v) is 3.18. The molecule has 0 radical (unpaired) electrons. The van der Waals surface area contributed by atoms with E-state index in [4.69, 9.17) is 16.3 Å². The Bertz CT molecular complexity index is 933. The molecule has 0 saturated heterocycles. The highest BCUT2D eigenvalue weighted by molar-refractivity contribution is 6.30. The lowest BCUT2D eigenvalue weighted by molar-refractivity contribution is 0.0817. The van der Waals surface area contributed by atoms with Crippen LogP contribution in [0.15, 0.2) is 48.5 Å². The van der Waals surface area contributed by atoms with Crippen LogP contribution < -0.4 is 4.74 Å². The monoisotopic (exact) mass is 368 g/mol. The molecule has 0 amide bonds. The van der Waals surface area contributed by atoms with E-state index in [-0.39, 0.29) is 12.5 Å². The maximum Gasteiger partial charge on any atom is 0.284 e. The highest BCUT2D eigenvalue weighted by atomic mass is 35.5. The van der Waals surface area contributed by atoms with E-state index in [9.17, 15) is 4.79 Å². The van der Waals surface area contributed by atoms with E-state index in [0.717, 1.165) is 28.9 Å². The van der Waals surface area contributed by atoms with E-state index >= 15 is 0 Å². The van der Waals surface area contributed by atoms with Gasteiger partial charge in [0.15, 0.2) is 6.61 Å². The lowest BCUT2D eigenvalue weighted by Gasteiger charge is -2.09. The average molecular weight is 369 g/mol. The summed E-state index contributed by atoms with van der Waals surface area (Å²) in [4.78, 5) is 12.6. The van der Waals surface area contributed by atoms with Crippen molar-refractivity contribution in [2.45, 2.75) is 27.2 Å². The molecule has 0 aliphatic carbocycles. The third-order valence-electron chi connectivity index (χ3n) is 4.39. The van der Waals surface area contributed by atoms with Crippen molar-refractivity contribution in [3.05, 3.63) is 81.6 Å². The van der Waals surface area contributed by atoms with E-state index in [1.807, 2.05) is 45.0 Å². The summed E-state index contributed by atoms with van der Waals surface area (Å²) in [5.41, 5.74) is 4.88. The minimum Gasteiger partial charge on any atom is -0.483 e. The van der Waals surface area contributed by atoms with Gasteiger partial charge in [0.2, 0.25) is 0 Å². The van der Waals surface area contributed by atoms with Crippen LogP contribution in [0.4, 0.5) is 0 Å². The van der Waals surface area contributed by atoms with Gasteiger partial charge in [-0.3, -0.25) is 4.79 Å². The molecule has 2 aromatic carbocycles. The summed E-state index contributed by atoms with van der Waals surface area (Å²) in [7, 11) is 0. The Morgan fingerprint density at radius 3 is 2.54 bits per heavy atom. The first kappa shape index (κ1) is 18.2. The van der Waals surface area contributed by atoms with Gasteiger partial charge in [0.25, 0.3) is 5.91 Å². The Kier molecular flexibility index (Phi) is 5.43. The maximum absolute atomic E-state index is 12.6. The number of carbonyl (C=O) groups excluding carboxylic acids is 1. The van der Waals surface area contributed by atoms with Crippen molar-refractivity contribution in [3.8, 4) is 5.75 Å². The van der Waals surface area contributed by atoms with Gasteiger partial charge in [0.1, 0.15) is 5.75 Å². The number of ether oxygens (including phenoxy) is 1. The van der Waals surface area contributed by atoms with Crippen LogP contribution in [0.5, 0.6) is 5.75 Å². The summed E-state index contributed by atoms with van der Waals surface area (Å²) in [6.45, 7) is 5.67. The summed E-state index contributed by atoms with van der Waals surface area (Å²) in [6, 6.07) is 15.5. The normalized spacial score (nSPS) is 10.8. The molecule has 0 aliphatic rings. The number of aromatic nitrogens is 2. The van der Waals surface area contributed by atoms with Gasteiger partial charge in [-0.05, 0) is 50.1 Å². The highest BCUT2D eigenvalue weighted by Gasteiger charge is 2.17. The van der Waals surface area contributed by atoms with Crippen molar-refractivity contribution in [2.24, 2.45) is 0 Å². The zero-order valence-corrected chi connectivity index (χ0v) is 15.9. The summed E-state index contributed by atoms with van der Waals surface area (Å²) in [6.07, 6.45) is 0.753. The molecule has 4 nitrogen and oxygen atoms in total. The molecule has 0 unspecified atom stereocenters. The van der Waals surface area contributed by atoms with Crippen molar-refractivity contribution >= 4 is 17.5 Å². The minimum absolute atomic E-state index is 0.0742. The summed E-state index contributed by atoms with van der Waals surface area (Å²) >= 11 is 5.95. The molecule has 26 heavy (non-hydrogen) atoms. The van der Waals surface area contributed by atoms with Crippen LogP contribution in [0.1, 0.15) is 32.9 Å². The Hall–Kier alpha value is -2.59. The average Bonchev–Trinajstić information content (AvgIpc) is 2.90. The number of nitrogens with zero attached hydrogens (tertiary/aromatic N) is 2. The second-order valence-electron chi connectivity index (χ2n) is 6.32. The highest BCUT2D eigenvalue weighted by Crippen LogP contribution is 2.22. The maximum atomic E-state index is 12.6. The molecule has 3 rings (SSSR count). The number of halogens is 1. The van der Waals surface area contributed by atoms with Crippen molar-refractivity contribution < 1.29 is 9.53 Å². The molecule has 3 aromatic rings. The molecule has 1 aromatic heterocycles. The fraction of sp³-hybridized carbons (Fsp3) is 0.238. The molecule has 0 fully saturated rings. The first-order valence-corrected chi connectivity index (χ1v) is 8.84. The zero-order valence-electron chi connectivity index (χ0n) is 15.1. The van der Waals surface area contributed by atoms with Gasteiger partial charge >= 0.3 is 0 Å². The first-order valence-electron chi connectivity index (χ1n) is 8.47. The minimum atomic E-state index is -0.195. The molecule has 5 heteroatoms. The van der Waals surface area contributed by atoms with Gasteiger partial charge in [-0.2, -0.15) is 5.10 Å². The van der Waals surface area contributed by atoms with Crippen LogP contribution in [0.25, 0.3) is 0 Å². The molecule has 0 spiro atoms. The Morgan fingerprint density at radius 2 is 1.85 bits per heavy atom. The largest absolute Gasteiger partial charge is 0.483 e. The predicted octanol–water partition coefficient (Wildman–Crippen LogP) is 4.77. The molecule has 0 bridgehead atoms. The van der Waals surface area contributed by atoms with Crippen molar-refractivity contribution in [3.63, 3.8) is 0 Å². The van der Waals surface area contributed by atoms with Gasteiger partial charge in [0.05, 0.1) is 5.69 Å². The molecule has 1 heterocycles. The predicted molar refractivity (Wildman–Crippen MR) is 103 cm³/mol. The Labute approximate surface area is 158 Å². The van der Waals surface area contributed by atoms with Crippen LogP contribution in [0, 0.1) is 20.8 Å². The lowest BCUT2D eigenvalue weighted by Crippen LogP contribution is -2.22. The molecule has 0 aliphatic heterocycles. The smallest absolute Gasteiger partial charge is 0.284 e. The quantitative estimate of drug-likeness (QED) is 0.651. The third kappa shape index (κ3) is 3.97. The first-order chi connectivity index (χ1) is 12.5. The second-order valence-corrected chi connectivity index (χ2v) is 6.75.